The lowest BCUT2D eigenvalue weighted by Crippen LogP contribution is -2.41. The zero-order chi connectivity index (χ0) is 26.2. The van der Waals surface area contributed by atoms with E-state index < -0.39 is 23.8 Å². The minimum atomic E-state index is -0.884. The van der Waals surface area contributed by atoms with Crippen molar-refractivity contribution >= 4 is 40.8 Å². The van der Waals surface area contributed by atoms with Crippen LogP contribution in [0.2, 0.25) is 0 Å². The summed E-state index contributed by atoms with van der Waals surface area (Å²) in [5, 5.41) is 5.45. The smallest absolute Gasteiger partial charge is 0.255 e. The van der Waals surface area contributed by atoms with Gasteiger partial charge in [0.1, 0.15) is 12.4 Å². The molecule has 0 fully saturated rings. The molecular weight excluding hydrogens is 466 g/mol. The number of carbonyl (C=O) groups excluding carboxylic acids is 4. The van der Waals surface area contributed by atoms with Gasteiger partial charge in [-0.05, 0) is 43.2 Å². The van der Waals surface area contributed by atoms with E-state index in [1.807, 2.05) is 0 Å². The van der Waals surface area contributed by atoms with Crippen molar-refractivity contribution in [1.29, 1.82) is 0 Å². The van der Waals surface area contributed by atoms with Crippen LogP contribution >= 0.6 is 0 Å². The number of amides is 3. The van der Waals surface area contributed by atoms with E-state index in [0.717, 1.165) is 0 Å². The Morgan fingerprint density at radius 3 is 2.56 bits per heavy atom. The third kappa shape index (κ3) is 6.95. The second-order valence-corrected chi connectivity index (χ2v) is 8.27. The molecule has 2 aromatic rings. The molecule has 1 heterocycles. The summed E-state index contributed by atoms with van der Waals surface area (Å²) in [5.41, 5.74) is 23.5. The van der Waals surface area contributed by atoms with Gasteiger partial charge in [-0.1, -0.05) is 6.07 Å². The van der Waals surface area contributed by atoms with Gasteiger partial charge in [-0.3, -0.25) is 24.2 Å². The highest BCUT2D eigenvalue weighted by atomic mass is 16.5. The number of nitrogen functional groups attached to an aromatic ring is 1. The molecule has 1 atom stereocenters. The minimum absolute atomic E-state index is 0.0280. The average Bonchev–Trinajstić information content (AvgIpc) is 2.83. The predicted octanol–water partition coefficient (Wildman–Crippen LogP) is 0.400. The van der Waals surface area contributed by atoms with E-state index in [1.165, 1.54) is 18.2 Å². The van der Waals surface area contributed by atoms with Gasteiger partial charge >= 0.3 is 0 Å². The number of anilines is 2. The number of hydrogen-bond acceptors (Lipinski definition) is 7. The third-order valence-electron chi connectivity index (χ3n) is 5.54. The fraction of sp³-hybridized carbons (Fsp3) is 0.292. The van der Waals surface area contributed by atoms with Crippen LogP contribution in [0.15, 0.2) is 41.4 Å². The molecule has 10 N–H and O–H groups in total. The normalized spacial score (nSPS) is 16.3. The molecule has 36 heavy (non-hydrogen) atoms. The van der Waals surface area contributed by atoms with Crippen LogP contribution in [0.5, 0.6) is 5.75 Å². The number of aliphatic imine (C=N–C) groups is 1. The zero-order valence-electron chi connectivity index (χ0n) is 19.6. The molecular formula is C24H29N7O5. The summed E-state index contributed by atoms with van der Waals surface area (Å²) in [6.07, 6.45) is 0.421. The monoisotopic (exact) mass is 495 g/mol. The molecule has 1 unspecified atom stereocenters. The molecule has 0 aliphatic carbocycles. The van der Waals surface area contributed by atoms with Gasteiger partial charge in [0.25, 0.3) is 5.91 Å². The average molecular weight is 496 g/mol. The Balaban J connectivity index is 1.95. The van der Waals surface area contributed by atoms with E-state index >= 15 is 0 Å². The Morgan fingerprint density at radius 2 is 1.83 bits per heavy atom. The van der Waals surface area contributed by atoms with Gasteiger partial charge in [-0.2, -0.15) is 0 Å². The van der Waals surface area contributed by atoms with Crippen LogP contribution in [0.25, 0.3) is 0 Å². The standard InChI is InChI=1S/C24H29N7O5/c25-15-5-7-20-16(11-15)23(35)31-17(2-1-9-29-24(27)28)19(32)6-8-21(33)30-18-10-13(22(26)34)3-4-14(18)12-36-20/h3-5,7,10-11,17H,1-2,6,8-9,12,25H2,(H2,26,34)(H,30,33)(H,31,35)(H4,27,28,29). The molecule has 0 saturated carbocycles. The number of Topliss-reactive ketones (excluding diaryl/α,β-unsaturated/α-hetero) is 1. The number of benzene rings is 2. The number of fused-ring (bicyclic) bond motifs is 2. The molecule has 12 heteroatoms. The largest absolute Gasteiger partial charge is 0.488 e. The zero-order valence-corrected chi connectivity index (χ0v) is 19.6. The highest BCUT2D eigenvalue weighted by Crippen LogP contribution is 2.26. The summed E-state index contributed by atoms with van der Waals surface area (Å²) in [6, 6.07) is 8.23. The molecule has 0 radical (unpaired) electrons. The molecule has 0 aromatic heterocycles. The van der Waals surface area contributed by atoms with Crippen molar-refractivity contribution in [3.05, 3.63) is 53.1 Å². The molecule has 12 nitrogen and oxygen atoms in total. The van der Waals surface area contributed by atoms with Crippen molar-refractivity contribution in [1.82, 2.24) is 5.32 Å². The molecule has 1 aliphatic rings. The van der Waals surface area contributed by atoms with Crippen LogP contribution in [0.3, 0.4) is 0 Å². The van der Waals surface area contributed by atoms with Crippen LogP contribution in [0.1, 0.15) is 52.0 Å². The SMILES string of the molecule is NC(=O)c1ccc2c(c1)NC(=O)CCC(=O)C(CCCN=C(N)N)NC(=O)c1cc(N)ccc1OC2. The van der Waals surface area contributed by atoms with Crippen molar-refractivity contribution in [2.75, 3.05) is 17.6 Å². The summed E-state index contributed by atoms with van der Waals surface area (Å²) >= 11 is 0. The van der Waals surface area contributed by atoms with E-state index in [4.69, 9.17) is 27.7 Å². The first kappa shape index (κ1) is 26.0. The van der Waals surface area contributed by atoms with Gasteiger partial charge in [0, 0.05) is 41.9 Å². The number of guanidine groups is 1. The van der Waals surface area contributed by atoms with Crippen LogP contribution in [-0.4, -0.2) is 42.1 Å². The van der Waals surface area contributed by atoms with Crippen LogP contribution in [-0.2, 0) is 16.2 Å². The number of nitrogens with one attached hydrogen (secondary N) is 2. The predicted molar refractivity (Wildman–Crippen MR) is 134 cm³/mol. The number of ketones is 1. The molecule has 1 aliphatic heterocycles. The lowest BCUT2D eigenvalue weighted by atomic mass is 10.0. The van der Waals surface area contributed by atoms with Gasteiger partial charge in [0.2, 0.25) is 11.8 Å². The second kappa shape index (κ2) is 11.7. The Bertz CT molecular complexity index is 1210. The first-order valence-electron chi connectivity index (χ1n) is 11.3. The number of primary amides is 1. The maximum atomic E-state index is 13.2. The molecule has 3 rings (SSSR count). The highest BCUT2D eigenvalue weighted by molar-refractivity contribution is 6.02. The lowest BCUT2D eigenvalue weighted by Gasteiger charge is -2.20. The van der Waals surface area contributed by atoms with Crippen LogP contribution < -0.4 is 38.3 Å². The summed E-state index contributed by atoms with van der Waals surface area (Å²) in [6.45, 7) is 0.244. The van der Waals surface area contributed by atoms with Gasteiger partial charge in [0.15, 0.2) is 11.7 Å². The highest BCUT2D eigenvalue weighted by Gasteiger charge is 2.24. The fourth-order valence-electron chi connectivity index (χ4n) is 3.66. The van der Waals surface area contributed by atoms with E-state index in [9.17, 15) is 19.2 Å². The number of nitrogens with two attached hydrogens (primary N) is 4. The van der Waals surface area contributed by atoms with Crippen molar-refractivity contribution < 1.29 is 23.9 Å². The molecule has 0 bridgehead atoms. The molecule has 0 saturated heterocycles. The number of rotatable bonds is 5. The van der Waals surface area contributed by atoms with Gasteiger partial charge in [-0.15, -0.1) is 0 Å². The van der Waals surface area contributed by atoms with Gasteiger partial charge in [0.05, 0.1) is 11.6 Å². The van der Waals surface area contributed by atoms with Crippen molar-refractivity contribution in [2.45, 2.75) is 38.3 Å². The van der Waals surface area contributed by atoms with E-state index in [2.05, 4.69) is 15.6 Å². The molecule has 3 amide bonds. The van der Waals surface area contributed by atoms with E-state index in [1.54, 1.807) is 18.2 Å². The van der Waals surface area contributed by atoms with Crippen molar-refractivity contribution in [2.24, 2.45) is 22.2 Å². The molecule has 190 valence electrons. The molecule has 2 aromatic carbocycles. The summed E-state index contributed by atoms with van der Waals surface area (Å²) in [7, 11) is 0. The van der Waals surface area contributed by atoms with Crippen LogP contribution in [0, 0.1) is 0 Å². The third-order valence-corrected chi connectivity index (χ3v) is 5.54. The first-order valence-corrected chi connectivity index (χ1v) is 11.3. The van der Waals surface area contributed by atoms with Crippen molar-refractivity contribution in [3.8, 4) is 5.75 Å². The number of nitrogens with zero attached hydrogens (tertiary/aromatic N) is 1. The fourth-order valence-corrected chi connectivity index (χ4v) is 3.66. The molecule has 0 spiro atoms. The maximum absolute atomic E-state index is 13.2. The Kier molecular flexibility index (Phi) is 8.44. The van der Waals surface area contributed by atoms with Gasteiger partial charge in [-0.25, -0.2) is 0 Å². The number of carbonyl (C=O) groups is 4. The number of ether oxygens (including phenoxy) is 1. The summed E-state index contributed by atoms with van der Waals surface area (Å²) in [5.74, 6) is -1.84. The number of hydrogen-bond donors (Lipinski definition) is 6. The topological polar surface area (TPSA) is 218 Å². The van der Waals surface area contributed by atoms with Crippen molar-refractivity contribution in [3.63, 3.8) is 0 Å². The van der Waals surface area contributed by atoms with E-state index in [0.29, 0.717) is 23.4 Å². The summed E-state index contributed by atoms with van der Waals surface area (Å²) in [4.78, 5) is 54.3. The summed E-state index contributed by atoms with van der Waals surface area (Å²) < 4.78 is 5.89. The van der Waals surface area contributed by atoms with E-state index in [-0.39, 0.29) is 61.0 Å². The van der Waals surface area contributed by atoms with Gasteiger partial charge < -0.3 is 38.3 Å². The Labute approximate surface area is 207 Å². The first-order chi connectivity index (χ1) is 17.1. The second-order valence-electron chi connectivity index (χ2n) is 8.27. The Hall–Kier alpha value is -4.61. The lowest BCUT2D eigenvalue weighted by molar-refractivity contribution is -0.124. The van der Waals surface area contributed by atoms with Crippen LogP contribution in [0.4, 0.5) is 11.4 Å². The Morgan fingerprint density at radius 1 is 1.06 bits per heavy atom. The quantitative estimate of drug-likeness (QED) is 0.147. The minimum Gasteiger partial charge on any atom is -0.488 e. The maximum Gasteiger partial charge on any atom is 0.255 e.